The van der Waals surface area contributed by atoms with E-state index in [1.165, 1.54) is 31.4 Å². The summed E-state index contributed by atoms with van der Waals surface area (Å²) in [4.78, 5) is 22.5. The van der Waals surface area contributed by atoms with Crippen LogP contribution >= 0.6 is 0 Å². The topological polar surface area (TPSA) is 78.4 Å². The van der Waals surface area contributed by atoms with Crippen molar-refractivity contribution in [3.05, 3.63) is 35.4 Å². The molecule has 21 heavy (non-hydrogen) atoms. The maximum atomic E-state index is 11.8. The van der Waals surface area contributed by atoms with Crippen LogP contribution < -0.4 is 10.6 Å². The Bertz CT molecular complexity index is 507. The van der Waals surface area contributed by atoms with E-state index in [4.69, 9.17) is 5.11 Å². The normalized spacial score (nSPS) is 15.3. The van der Waals surface area contributed by atoms with Crippen LogP contribution in [-0.4, -0.2) is 23.7 Å². The Kier molecular flexibility index (Phi) is 4.83. The molecular weight excluding hydrogens is 268 g/mol. The van der Waals surface area contributed by atoms with E-state index in [0.717, 1.165) is 18.5 Å². The van der Waals surface area contributed by atoms with E-state index in [0.29, 0.717) is 12.0 Å². The van der Waals surface area contributed by atoms with Crippen LogP contribution in [0.25, 0.3) is 0 Å². The third kappa shape index (κ3) is 4.48. The number of hydrogen-bond acceptors (Lipinski definition) is 2. The summed E-state index contributed by atoms with van der Waals surface area (Å²) in [7, 11) is 0. The SMILES string of the molecule is CCCC1(CNC(=O)NCc2ccc(C(=O)O)cc2)CC1. The number of carbonyl (C=O) groups excluding carboxylic acids is 1. The Labute approximate surface area is 124 Å². The third-order valence-corrected chi connectivity index (χ3v) is 4.02. The lowest BCUT2D eigenvalue weighted by molar-refractivity contribution is 0.0697. The van der Waals surface area contributed by atoms with Gasteiger partial charge in [-0.2, -0.15) is 0 Å². The molecule has 1 fully saturated rings. The van der Waals surface area contributed by atoms with Crippen LogP contribution in [0, 0.1) is 5.41 Å². The van der Waals surface area contributed by atoms with Crippen LogP contribution in [0.1, 0.15) is 48.5 Å². The summed E-state index contributed by atoms with van der Waals surface area (Å²) in [6.07, 6.45) is 4.73. The first kappa shape index (κ1) is 15.4. The molecular formula is C16H22N2O3. The molecule has 0 spiro atoms. The number of hydrogen-bond donors (Lipinski definition) is 3. The number of urea groups is 1. The van der Waals surface area contributed by atoms with Crippen molar-refractivity contribution in [3.63, 3.8) is 0 Å². The number of carboxylic acids is 1. The second-order valence-corrected chi connectivity index (χ2v) is 5.79. The zero-order valence-corrected chi connectivity index (χ0v) is 12.3. The fraction of sp³-hybridized carbons (Fsp3) is 0.500. The minimum atomic E-state index is -0.946. The van der Waals surface area contributed by atoms with Crippen molar-refractivity contribution in [2.24, 2.45) is 5.41 Å². The summed E-state index contributed by atoms with van der Waals surface area (Å²) in [5.41, 5.74) is 1.47. The number of benzene rings is 1. The molecule has 0 saturated heterocycles. The van der Waals surface area contributed by atoms with Crippen molar-refractivity contribution in [3.8, 4) is 0 Å². The molecule has 1 aromatic carbocycles. The molecule has 0 unspecified atom stereocenters. The van der Waals surface area contributed by atoms with Gasteiger partial charge in [0.2, 0.25) is 0 Å². The lowest BCUT2D eigenvalue weighted by atomic mass is 10.0. The molecule has 0 aliphatic heterocycles. The first-order valence-electron chi connectivity index (χ1n) is 7.39. The average Bonchev–Trinajstić information content (AvgIpc) is 3.24. The fourth-order valence-electron chi connectivity index (χ4n) is 2.50. The molecule has 3 N–H and O–H groups in total. The van der Waals surface area contributed by atoms with Crippen LogP contribution in [0.4, 0.5) is 4.79 Å². The van der Waals surface area contributed by atoms with Gasteiger partial charge in [0.25, 0.3) is 0 Å². The fourth-order valence-corrected chi connectivity index (χ4v) is 2.50. The number of rotatable bonds is 7. The smallest absolute Gasteiger partial charge is 0.335 e. The molecule has 1 aliphatic carbocycles. The molecule has 5 heteroatoms. The second-order valence-electron chi connectivity index (χ2n) is 5.79. The molecule has 2 amide bonds. The number of amides is 2. The molecule has 0 bridgehead atoms. The number of carboxylic acid groups (broad SMARTS) is 1. The Morgan fingerprint density at radius 2 is 1.86 bits per heavy atom. The summed E-state index contributed by atoms with van der Waals surface area (Å²) in [6.45, 7) is 3.30. The molecule has 1 saturated carbocycles. The Morgan fingerprint density at radius 3 is 2.38 bits per heavy atom. The van der Waals surface area contributed by atoms with Gasteiger partial charge >= 0.3 is 12.0 Å². The summed E-state index contributed by atoms with van der Waals surface area (Å²) >= 11 is 0. The molecule has 0 aromatic heterocycles. The lowest BCUT2D eigenvalue weighted by Crippen LogP contribution is -2.38. The molecule has 5 nitrogen and oxygen atoms in total. The highest BCUT2D eigenvalue weighted by molar-refractivity contribution is 5.87. The molecule has 0 atom stereocenters. The number of aromatic carboxylic acids is 1. The first-order chi connectivity index (χ1) is 10.0. The Morgan fingerprint density at radius 1 is 1.19 bits per heavy atom. The Hall–Kier alpha value is -2.04. The quantitative estimate of drug-likeness (QED) is 0.722. The highest BCUT2D eigenvalue weighted by Crippen LogP contribution is 2.48. The van der Waals surface area contributed by atoms with Crippen molar-refractivity contribution in [2.45, 2.75) is 39.2 Å². The molecule has 1 aromatic rings. The largest absolute Gasteiger partial charge is 0.478 e. The number of carbonyl (C=O) groups is 2. The summed E-state index contributed by atoms with van der Waals surface area (Å²) in [5, 5.41) is 14.5. The van der Waals surface area contributed by atoms with Gasteiger partial charge in [-0.15, -0.1) is 0 Å². The van der Waals surface area contributed by atoms with E-state index in [1.807, 2.05) is 0 Å². The maximum Gasteiger partial charge on any atom is 0.335 e. The summed E-state index contributed by atoms with van der Waals surface area (Å²) in [6, 6.07) is 6.33. The molecule has 0 radical (unpaired) electrons. The maximum absolute atomic E-state index is 11.8. The van der Waals surface area contributed by atoms with Crippen molar-refractivity contribution < 1.29 is 14.7 Å². The van der Waals surface area contributed by atoms with Gasteiger partial charge in [0.1, 0.15) is 0 Å². The highest BCUT2D eigenvalue weighted by atomic mass is 16.4. The summed E-state index contributed by atoms with van der Waals surface area (Å²) in [5.74, 6) is -0.946. The minimum absolute atomic E-state index is 0.167. The van der Waals surface area contributed by atoms with Gasteiger partial charge in [-0.3, -0.25) is 0 Å². The zero-order valence-electron chi connectivity index (χ0n) is 12.3. The van der Waals surface area contributed by atoms with E-state index in [1.54, 1.807) is 12.1 Å². The minimum Gasteiger partial charge on any atom is -0.478 e. The van der Waals surface area contributed by atoms with Crippen molar-refractivity contribution >= 4 is 12.0 Å². The zero-order chi connectivity index (χ0) is 15.3. The van der Waals surface area contributed by atoms with E-state index in [2.05, 4.69) is 17.6 Å². The Balaban J connectivity index is 1.72. The molecule has 2 rings (SSSR count). The van der Waals surface area contributed by atoms with Gasteiger partial charge in [-0.1, -0.05) is 25.5 Å². The van der Waals surface area contributed by atoms with Crippen molar-refractivity contribution in [1.29, 1.82) is 0 Å². The predicted octanol–water partition coefficient (Wildman–Crippen LogP) is 2.76. The van der Waals surface area contributed by atoms with Crippen molar-refractivity contribution in [1.82, 2.24) is 10.6 Å². The van der Waals surface area contributed by atoms with Gasteiger partial charge in [-0.25, -0.2) is 9.59 Å². The van der Waals surface area contributed by atoms with E-state index in [9.17, 15) is 9.59 Å². The van der Waals surface area contributed by atoms with Crippen LogP contribution in [0.3, 0.4) is 0 Å². The second kappa shape index (κ2) is 6.61. The summed E-state index contributed by atoms with van der Waals surface area (Å²) < 4.78 is 0. The third-order valence-electron chi connectivity index (χ3n) is 4.02. The molecule has 114 valence electrons. The van der Waals surface area contributed by atoms with Gasteiger partial charge in [0, 0.05) is 13.1 Å². The van der Waals surface area contributed by atoms with Crippen LogP contribution in [0.5, 0.6) is 0 Å². The highest BCUT2D eigenvalue weighted by Gasteiger charge is 2.41. The predicted molar refractivity (Wildman–Crippen MR) is 80.2 cm³/mol. The van der Waals surface area contributed by atoms with Gasteiger partial charge in [0.05, 0.1) is 5.56 Å². The number of nitrogens with one attached hydrogen (secondary N) is 2. The average molecular weight is 290 g/mol. The van der Waals surface area contributed by atoms with Crippen LogP contribution in [0.15, 0.2) is 24.3 Å². The van der Waals surface area contributed by atoms with Crippen LogP contribution in [0.2, 0.25) is 0 Å². The standard InChI is InChI=1S/C16H22N2O3/c1-2-7-16(8-9-16)11-18-15(21)17-10-12-3-5-13(6-4-12)14(19)20/h3-6H,2,7-11H2,1H3,(H,19,20)(H2,17,18,21). The molecule has 0 heterocycles. The lowest BCUT2D eigenvalue weighted by Gasteiger charge is -2.15. The van der Waals surface area contributed by atoms with Gasteiger partial charge in [-0.05, 0) is 42.4 Å². The molecule has 1 aliphatic rings. The van der Waals surface area contributed by atoms with E-state index in [-0.39, 0.29) is 11.6 Å². The van der Waals surface area contributed by atoms with E-state index >= 15 is 0 Å². The first-order valence-corrected chi connectivity index (χ1v) is 7.39. The van der Waals surface area contributed by atoms with Crippen LogP contribution in [-0.2, 0) is 6.54 Å². The van der Waals surface area contributed by atoms with Crippen molar-refractivity contribution in [2.75, 3.05) is 6.54 Å². The van der Waals surface area contributed by atoms with Gasteiger partial charge in [0.15, 0.2) is 0 Å². The monoisotopic (exact) mass is 290 g/mol. The van der Waals surface area contributed by atoms with Gasteiger partial charge < -0.3 is 15.7 Å². The van der Waals surface area contributed by atoms with E-state index < -0.39 is 5.97 Å².